The van der Waals surface area contributed by atoms with Gasteiger partial charge in [-0.05, 0) is 40.2 Å². The van der Waals surface area contributed by atoms with Crippen molar-refractivity contribution < 1.29 is 9.53 Å². The van der Waals surface area contributed by atoms with Crippen molar-refractivity contribution in [1.82, 2.24) is 9.99 Å². The molecule has 1 aromatic heterocycles. The van der Waals surface area contributed by atoms with Gasteiger partial charge in [0.15, 0.2) is 6.61 Å². The van der Waals surface area contributed by atoms with E-state index in [1.807, 2.05) is 42.1 Å². The van der Waals surface area contributed by atoms with E-state index < -0.39 is 0 Å². The van der Waals surface area contributed by atoms with Crippen molar-refractivity contribution in [3.63, 3.8) is 0 Å². The van der Waals surface area contributed by atoms with Crippen molar-refractivity contribution in [3.05, 3.63) is 63.7 Å². The number of carbonyl (C=O) groups excluding carboxylic acids is 1. The Hall–Kier alpha value is -2.31. The van der Waals surface area contributed by atoms with Gasteiger partial charge < -0.3 is 9.30 Å². The minimum absolute atomic E-state index is 0.146. The summed E-state index contributed by atoms with van der Waals surface area (Å²) < 4.78 is 8.14. The molecule has 1 N–H and O–H groups in total. The third-order valence-electron chi connectivity index (χ3n) is 3.57. The lowest BCUT2D eigenvalue weighted by molar-refractivity contribution is -0.123. The molecule has 2 aromatic carbocycles. The van der Waals surface area contributed by atoms with E-state index >= 15 is 0 Å². The molecule has 0 radical (unpaired) electrons. The number of amides is 1. The second kappa shape index (κ2) is 7.72. The van der Waals surface area contributed by atoms with E-state index in [1.165, 1.54) is 0 Å². The predicted molar refractivity (Wildman–Crippen MR) is 103 cm³/mol. The fraction of sp³-hybridized carbons (Fsp3) is 0.111. The highest BCUT2D eigenvalue weighted by atomic mass is 79.9. The number of halogens is 2. The number of aryl methyl sites for hydroxylation is 1. The molecule has 25 heavy (non-hydrogen) atoms. The Labute approximate surface area is 158 Å². The van der Waals surface area contributed by atoms with Crippen LogP contribution in [0.5, 0.6) is 5.75 Å². The average Bonchev–Trinajstić information content (AvgIpc) is 2.91. The molecule has 7 heteroatoms. The molecule has 0 unspecified atom stereocenters. The summed E-state index contributed by atoms with van der Waals surface area (Å²) in [5, 5.41) is 5.66. The summed E-state index contributed by atoms with van der Waals surface area (Å²) in [6.07, 6.45) is 3.58. The summed E-state index contributed by atoms with van der Waals surface area (Å²) in [5.74, 6) is 0.191. The van der Waals surface area contributed by atoms with Gasteiger partial charge in [0.05, 0.1) is 10.7 Å². The lowest BCUT2D eigenvalue weighted by Crippen LogP contribution is -2.24. The van der Waals surface area contributed by atoms with Crippen molar-refractivity contribution >= 4 is 50.6 Å². The van der Waals surface area contributed by atoms with Crippen LogP contribution in [0, 0.1) is 0 Å². The number of fused-ring (bicyclic) bond motifs is 1. The molecule has 0 aliphatic heterocycles. The van der Waals surface area contributed by atoms with Crippen LogP contribution in [0.4, 0.5) is 0 Å². The zero-order valence-electron chi connectivity index (χ0n) is 13.4. The Balaban J connectivity index is 1.59. The molecule has 1 heterocycles. The van der Waals surface area contributed by atoms with Crippen LogP contribution in [0.1, 0.15) is 5.56 Å². The van der Waals surface area contributed by atoms with Gasteiger partial charge in [-0.3, -0.25) is 4.79 Å². The van der Waals surface area contributed by atoms with Crippen molar-refractivity contribution in [2.75, 3.05) is 6.61 Å². The Kier molecular flexibility index (Phi) is 5.40. The lowest BCUT2D eigenvalue weighted by atomic mass is 10.2. The fourth-order valence-corrected chi connectivity index (χ4v) is 3.21. The average molecular weight is 421 g/mol. The van der Waals surface area contributed by atoms with Gasteiger partial charge in [-0.25, -0.2) is 5.43 Å². The number of rotatable bonds is 5. The molecule has 1 amide bonds. The molecule has 0 aliphatic rings. The largest absolute Gasteiger partial charge is 0.483 e. The maximum absolute atomic E-state index is 11.9. The molecule has 0 fully saturated rings. The molecule has 0 saturated carbocycles. The molecule has 0 spiro atoms. The lowest BCUT2D eigenvalue weighted by Gasteiger charge is -2.07. The van der Waals surface area contributed by atoms with E-state index in [0.29, 0.717) is 15.2 Å². The summed E-state index contributed by atoms with van der Waals surface area (Å²) >= 11 is 9.20. The fourth-order valence-electron chi connectivity index (χ4n) is 2.42. The second-order valence-electron chi connectivity index (χ2n) is 5.37. The zero-order valence-corrected chi connectivity index (χ0v) is 15.7. The molecular weight excluding hydrogens is 406 g/mol. The molecule has 5 nitrogen and oxygen atoms in total. The number of ether oxygens (including phenoxy) is 1. The number of hydrazone groups is 1. The number of benzene rings is 2. The molecule has 0 atom stereocenters. The van der Waals surface area contributed by atoms with Gasteiger partial charge in [0.1, 0.15) is 5.75 Å². The molecular formula is C18H15BrClN3O2. The molecule has 0 bridgehead atoms. The highest BCUT2D eigenvalue weighted by molar-refractivity contribution is 9.10. The Morgan fingerprint density at radius 3 is 2.96 bits per heavy atom. The van der Waals surface area contributed by atoms with E-state index in [1.54, 1.807) is 24.4 Å². The maximum Gasteiger partial charge on any atom is 0.277 e. The SMILES string of the molecule is Cn1cc(C=NNC(=O)COc2ccc(Cl)cc2Br)c2ccccc21. The quantitative estimate of drug-likeness (QED) is 0.498. The first-order valence-electron chi connectivity index (χ1n) is 7.48. The number of hydrogen-bond donors (Lipinski definition) is 1. The summed E-state index contributed by atoms with van der Waals surface area (Å²) in [7, 11) is 1.97. The summed E-state index contributed by atoms with van der Waals surface area (Å²) in [6.45, 7) is -0.146. The minimum Gasteiger partial charge on any atom is -0.483 e. The van der Waals surface area contributed by atoms with Gasteiger partial charge in [-0.1, -0.05) is 29.8 Å². The van der Waals surface area contributed by atoms with Gasteiger partial charge >= 0.3 is 0 Å². The number of nitrogens with zero attached hydrogens (tertiary/aromatic N) is 2. The van der Waals surface area contributed by atoms with Crippen LogP contribution in [0.3, 0.4) is 0 Å². The Morgan fingerprint density at radius 1 is 1.36 bits per heavy atom. The van der Waals surface area contributed by atoms with E-state index in [-0.39, 0.29) is 12.5 Å². The smallest absolute Gasteiger partial charge is 0.277 e. The number of carbonyl (C=O) groups is 1. The van der Waals surface area contributed by atoms with Crippen molar-refractivity contribution in [2.45, 2.75) is 0 Å². The van der Waals surface area contributed by atoms with Gasteiger partial charge in [0.25, 0.3) is 5.91 Å². The van der Waals surface area contributed by atoms with E-state index in [0.717, 1.165) is 16.5 Å². The third-order valence-corrected chi connectivity index (χ3v) is 4.43. The molecule has 3 aromatic rings. The predicted octanol–water partition coefficient (Wildman–Crippen LogP) is 4.12. The van der Waals surface area contributed by atoms with Gasteiger partial charge in [-0.15, -0.1) is 0 Å². The minimum atomic E-state index is -0.349. The normalized spacial score (nSPS) is 11.2. The van der Waals surface area contributed by atoms with E-state index in [2.05, 4.69) is 26.5 Å². The van der Waals surface area contributed by atoms with Crippen LogP contribution in [0.25, 0.3) is 10.9 Å². The van der Waals surface area contributed by atoms with Crippen molar-refractivity contribution in [3.8, 4) is 5.75 Å². The summed E-state index contributed by atoms with van der Waals surface area (Å²) in [4.78, 5) is 11.9. The molecule has 3 rings (SSSR count). The molecule has 128 valence electrons. The second-order valence-corrected chi connectivity index (χ2v) is 6.66. The van der Waals surface area contributed by atoms with Gasteiger partial charge in [-0.2, -0.15) is 5.10 Å². The summed E-state index contributed by atoms with van der Waals surface area (Å²) in [6, 6.07) is 13.1. The van der Waals surface area contributed by atoms with Crippen LogP contribution in [-0.4, -0.2) is 23.3 Å². The van der Waals surface area contributed by atoms with E-state index in [9.17, 15) is 4.79 Å². The van der Waals surface area contributed by atoms with Crippen LogP contribution in [0.2, 0.25) is 5.02 Å². The van der Waals surface area contributed by atoms with Crippen LogP contribution in [0.15, 0.2) is 58.2 Å². The molecule has 0 aliphatic carbocycles. The van der Waals surface area contributed by atoms with Gasteiger partial charge in [0.2, 0.25) is 0 Å². The first kappa shape index (κ1) is 17.5. The zero-order chi connectivity index (χ0) is 17.8. The number of hydrogen-bond acceptors (Lipinski definition) is 3. The third kappa shape index (κ3) is 4.21. The first-order chi connectivity index (χ1) is 12.0. The van der Waals surface area contributed by atoms with Crippen LogP contribution < -0.4 is 10.2 Å². The summed E-state index contributed by atoms with van der Waals surface area (Å²) in [5.41, 5.74) is 4.49. The highest BCUT2D eigenvalue weighted by Gasteiger charge is 2.06. The number of aromatic nitrogens is 1. The van der Waals surface area contributed by atoms with Crippen LogP contribution >= 0.6 is 27.5 Å². The Morgan fingerprint density at radius 2 is 2.16 bits per heavy atom. The number of para-hydroxylation sites is 1. The van der Waals surface area contributed by atoms with Crippen LogP contribution in [-0.2, 0) is 11.8 Å². The van der Waals surface area contributed by atoms with Crippen molar-refractivity contribution in [2.24, 2.45) is 12.1 Å². The highest BCUT2D eigenvalue weighted by Crippen LogP contribution is 2.27. The van der Waals surface area contributed by atoms with Crippen molar-refractivity contribution in [1.29, 1.82) is 0 Å². The maximum atomic E-state index is 11.9. The topological polar surface area (TPSA) is 55.6 Å². The molecule has 0 saturated heterocycles. The standard InChI is InChI=1S/C18H15BrClN3O2/c1-23-10-12(14-4-2-3-5-16(14)23)9-21-22-18(24)11-25-17-7-6-13(20)8-15(17)19/h2-10H,11H2,1H3,(H,22,24). The van der Waals surface area contributed by atoms with E-state index in [4.69, 9.17) is 16.3 Å². The first-order valence-corrected chi connectivity index (χ1v) is 8.65. The number of nitrogens with one attached hydrogen (secondary N) is 1. The monoisotopic (exact) mass is 419 g/mol. The van der Waals surface area contributed by atoms with Gasteiger partial charge in [0, 0.05) is 34.7 Å². The Bertz CT molecular complexity index is 953.